The molecule has 0 heterocycles. The van der Waals surface area contributed by atoms with Crippen molar-refractivity contribution in [1.29, 1.82) is 0 Å². The van der Waals surface area contributed by atoms with E-state index in [4.69, 9.17) is 4.74 Å². The quantitative estimate of drug-likeness (QED) is 0.580. The zero-order valence-electron chi connectivity index (χ0n) is 15.4. The molecular formula is C19H19F2N3O5. The van der Waals surface area contributed by atoms with Gasteiger partial charge in [0.1, 0.15) is 11.5 Å². The molecule has 0 aromatic heterocycles. The molecule has 2 aromatic rings. The van der Waals surface area contributed by atoms with Crippen molar-refractivity contribution >= 4 is 17.7 Å². The lowest BCUT2D eigenvalue weighted by atomic mass is 10.2. The smallest absolute Gasteiger partial charge is 0.387 e. The van der Waals surface area contributed by atoms with Crippen molar-refractivity contribution in [2.45, 2.75) is 13.5 Å². The zero-order chi connectivity index (χ0) is 21.2. The van der Waals surface area contributed by atoms with Gasteiger partial charge in [0.25, 0.3) is 17.7 Å². The van der Waals surface area contributed by atoms with E-state index in [-0.39, 0.29) is 11.3 Å². The van der Waals surface area contributed by atoms with Crippen LogP contribution in [-0.4, -0.2) is 37.5 Å². The van der Waals surface area contributed by atoms with Crippen molar-refractivity contribution in [2.75, 3.05) is 13.2 Å². The number of benzene rings is 2. The molecule has 8 nitrogen and oxygen atoms in total. The van der Waals surface area contributed by atoms with E-state index in [1.165, 1.54) is 36.4 Å². The second kappa shape index (κ2) is 10.6. The minimum absolute atomic E-state index is 0.0914. The molecule has 154 valence electrons. The second-order valence-corrected chi connectivity index (χ2v) is 5.55. The number of carbonyl (C=O) groups is 3. The third-order valence-corrected chi connectivity index (χ3v) is 3.49. The summed E-state index contributed by atoms with van der Waals surface area (Å²) >= 11 is 0. The highest BCUT2D eigenvalue weighted by molar-refractivity contribution is 5.98. The first kappa shape index (κ1) is 21.6. The number of halogens is 2. The highest BCUT2D eigenvalue weighted by Crippen LogP contribution is 2.15. The van der Waals surface area contributed by atoms with Crippen LogP contribution in [0.25, 0.3) is 0 Å². The maximum atomic E-state index is 12.1. The van der Waals surface area contributed by atoms with Crippen molar-refractivity contribution in [2.24, 2.45) is 0 Å². The summed E-state index contributed by atoms with van der Waals surface area (Å²) in [5.41, 5.74) is 4.85. The first-order chi connectivity index (χ1) is 13.9. The predicted molar refractivity (Wildman–Crippen MR) is 98.6 cm³/mol. The lowest BCUT2D eigenvalue weighted by Crippen LogP contribution is -2.46. The number of rotatable bonds is 8. The summed E-state index contributed by atoms with van der Waals surface area (Å²) in [7, 11) is 0. The number of nitrogens with one attached hydrogen (secondary N) is 3. The molecule has 10 heteroatoms. The van der Waals surface area contributed by atoms with Crippen LogP contribution in [0.4, 0.5) is 8.78 Å². The first-order valence-corrected chi connectivity index (χ1v) is 8.54. The van der Waals surface area contributed by atoms with Crippen LogP contribution >= 0.6 is 0 Å². The molecule has 0 aliphatic rings. The first-order valence-electron chi connectivity index (χ1n) is 8.54. The Labute approximate surface area is 165 Å². The van der Waals surface area contributed by atoms with Crippen molar-refractivity contribution in [3.63, 3.8) is 0 Å². The molecule has 0 radical (unpaired) electrons. The fourth-order valence-corrected chi connectivity index (χ4v) is 2.16. The van der Waals surface area contributed by atoms with Gasteiger partial charge >= 0.3 is 6.61 Å². The molecule has 29 heavy (non-hydrogen) atoms. The van der Waals surface area contributed by atoms with Gasteiger partial charge in [-0.1, -0.05) is 0 Å². The van der Waals surface area contributed by atoms with Crippen LogP contribution in [-0.2, 0) is 4.79 Å². The second-order valence-electron chi connectivity index (χ2n) is 5.55. The Morgan fingerprint density at radius 3 is 1.97 bits per heavy atom. The van der Waals surface area contributed by atoms with E-state index in [0.29, 0.717) is 17.9 Å². The largest absolute Gasteiger partial charge is 0.494 e. The van der Waals surface area contributed by atoms with Crippen molar-refractivity contribution in [3.8, 4) is 11.5 Å². The number of hydrogen-bond donors (Lipinski definition) is 3. The average molecular weight is 407 g/mol. The number of hydrogen-bond acceptors (Lipinski definition) is 5. The van der Waals surface area contributed by atoms with Crippen molar-refractivity contribution < 1.29 is 32.6 Å². The van der Waals surface area contributed by atoms with Gasteiger partial charge in [0, 0.05) is 11.1 Å². The van der Waals surface area contributed by atoms with Gasteiger partial charge in [0.05, 0.1) is 13.2 Å². The zero-order valence-corrected chi connectivity index (χ0v) is 15.4. The van der Waals surface area contributed by atoms with Gasteiger partial charge in [-0.3, -0.25) is 25.2 Å². The highest BCUT2D eigenvalue weighted by atomic mass is 19.3. The Morgan fingerprint density at radius 1 is 0.862 bits per heavy atom. The molecule has 0 spiro atoms. The number of carbonyl (C=O) groups excluding carboxylic acids is 3. The van der Waals surface area contributed by atoms with Gasteiger partial charge in [0.2, 0.25) is 0 Å². The molecule has 0 aliphatic heterocycles. The van der Waals surface area contributed by atoms with Crippen LogP contribution in [0.5, 0.6) is 11.5 Å². The Morgan fingerprint density at radius 2 is 1.41 bits per heavy atom. The summed E-state index contributed by atoms with van der Waals surface area (Å²) in [5, 5.41) is 2.34. The number of hydrazine groups is 1. The van der Waals surface area contributed by atoms with Gasteiger partial charge < -0.3 is 14.8 Å². The van der Waals surface area contributed by atoms with Gasteiger partial charge in [-0.25, -0.2) is 0 Å². The van der Waals surface area contributed by atoms with E-state index in [2.05, 4.69) is 20.9 Å². The van der Waals surface area contributed by atoms with Crippen LogP contribution in [0.3, 0.4) is 0 Å². The third kappa shape index (κ3) is 7.09. The third-order valence-electron chi connectivity index (χ3n) is 3.49. The normalized spacial score (nSPS) is 10.2. The van der Waals surface area contributed by atoms with E-state index in [1.807, 2.05) is 6.92 Å². The molecule has 0 atom stereocenters. The molecule has 0 fully saturated rings. The van der Waals surface area contributed by atoms with E-state index in [1.54, 1.807) is 12.1 Å². The summed E-state index contributed by atoms with van der Waals surface area (Å²) in [6, 6.07) is 11.3. The topological polar surface area (TPSA) is 106 Å². The van der Waals surface area contributed by atoms with E-state index < -0.39 is 30.9 Å². The Hall–Kier alpha value is -3.69. The number of alkyl halides is 2. The summed E-state index contributed by atoms with van der Waals surface area (Å²) < 4.78 is 33.6. The predicted octanol–water partition coefficient (Wildman–Crippen LogP) is 1.88. The summed E-state index contributed by atoms with van der Waals surface area (Å²) in [5.74, 6) is -1.27. The fourth-order valence-electron chi connectivity index (χ4n) is 2.16. The summed E-state index contributed by atoms with van der Waals surface area (Å²) in [4.78, 5) is 35.7. The molecular weight excluding hydrogens is 388 g/mol. The lowest BCUT2D eigenvalue weighted by Gasteiger charge is -2.09. The van der Waals surface area contributed by atoms with Crippen LogP contribution in [0.1, 0.15) is 27.6 Å². The van der Waals surface area contributed by atoms with Gasteiger partial charge in [-0.05, 0) is 55.5 Å². The molecule has 2 rings (SSSR count). The Balaban J connectivity index is 1.76. The lowest BCUT2D eigenvalue weighted by molar-refractivity contribution is -0.120. The molecule has 3 N–H and O–H groups in total. The molecule has 0 saturated heterocycles. The number of amides is 3. The fraction of sp³-hybridized carbons (Fsp3) is 0.211. The standard InChI is InChI=1S/C19H19F2N3O5/c1-2-28-14-7-3-13(4-8-14)18(27)24-23-16(25)11-22-17(26)12-5-9-15(10-6-12)29-19(20)21/h3-10,19H,2,11H2,1H3,(H,22,26)(H,23,25)(H,24,27). The monoisotopic (exact) mass is 407 g/mol. The SMILES string of the molecule is CCOc1ccc(C(=O)NNC(=O)CNC(=O)c2ccc(OC(F)F)cc2)cc1. The minimum atomic E-state index is -2.96. The summed E-state index contributed by atoms with van der Waals surface area (Å²) in [6.45, 7) is -1.03. The molecule has 0 bridgehead atoms. The van der Waals surface area contributed by atoms with E-state index in [9.17, 15) is 23.2 Å². The maximum absolute atomic E-state index is 12.1. The van der Waals surface area contributed by atoms with Gasteiger partial charge in [-0.15, -0.1) is 0 Å². The Kier molecular flexibility index (Phi) is 7.89. The molecule has 0 unspecified atom stereocenters. The average Bonchev–Trinajstić information content (AvgIpc) is 2.71. The molecule has 2 aromatic carbocycles. The molecule has 0 aliphatic carbocycles. The van der Waals surface area contributed by atoms with Crippen LogP contribution in [0, 0.1) is 0 Å². The van der Waals surface area contributed by atoms with Gasteiger partial charge in [0.15, 0.2) is 0 Å². The van der Waals surface area contributed by atoms with Crippen molar-refractivity contribution in [1.82, 2.24) is 16.2 Å². The maximum Gasteiger partial charge on any atom is 0.387 e. The Bertz CT molecular complexity index is 842. The highest BCUT2D eigenvalue weighted by Gasteiger charge is 2.11. The molecule has 0 saturated carbocycles. The van der Waals surface area contributed by atoms with Crippen LogP contribution in [0.2, 0.25) is 0 Å². The molecule has 3 amide bonds. The van der Waals surface area contributed by atoms with Gasteiger partial charge in [-0.2, -0.15) is 8.78 Å². The van der Waals surface area contributed by atoms with E-state index in [0.717, 1.165) is 0 Å². The van der Waals surface area contributed by atoms with E-state index >= 15 is 0 Å². The number of ether oxygens (including phenoxy) is 2. The summed E-state index contributed by atoms with van der Waals surface area (Å²) in [6.07, 6.45) is 0. The van der Waals surface area contributed by atoms with Crippen molar-refractivity contribution in [3.05, 3.63) is 59.7 Å². The minimum Gasteiger partial charge on any atom is -0.494 e. The van der Waals surface area contributed by atoms with Crippen LogP contribution < -0.4 is 25.6 Å². The van der Waals surface area contributed by atoms with Crippen LogP contribution in [0.15, 0.2) is 48.5 Å².